The molecule has 0 saturated heterocycles. The summed E-state index contributed by atoms with van der Waals surface area (Å²) >= 11 is 16.0. The summed E-state index contributed by atoms with van der Waals surface area (Å²) < 4.78 is 52.7. The summed E-state index contributed by atoms with van der Waals surface area (Å²) in [6.07, 6.45) is 0. The molecule has 212 valence electrons. The van der Waals surface area contributed by atoms with Gasteiger partial charge in [0.1, 0.15) is 29.5 Å². The maximum Gasteiger partial charge on any atom is 0.637 e. The summed E-state index contributed by atoms with van der Waals surface area (Å²) in [5, 5.41) is 60.6. The molecule has 0 atom stereocenters. The molecule has 29 heteroatoms. The van der Waals surface area contributed by atoms with Gasteiger partial charge in [-0.1, -0.05) is 48.0 Å². The highest BCUT2D eigenvalue weighted by atomic mass is 35.6. The van der Waals surface area contributed by atoms with E-state index in [4.69, 9.17) is 34.8 Å². The second kappa shape index (κ2) is 12.5. The molecule has 0 aliphatic rings. The quantitative estimate of drug-likeness (QED) is 0.0540. The molecule has 0 aliphatic carbocycles. The Morgan fingerprint density at radius 2 is 0.757 bits per heavy atom. The normalized spacial score (nSPS) is 13.1. The van der Waals surface area contributed by atoms with Crippen molar-refractivity contribution >= 4 is 56.4 Å². The highest BCUT2D eigenvalue weighted by Gasteiger charge is 2.66. The van der Waals surface area contributed by atoms with Crippen molar-refractivity contribution in [2.75, 3.05) is 19.8 Å². The molecule has 0 rings (SSSR count). The smallest absolute Gasteiger partial charge is 0.298 e. The van der Waals surface area contributed by atoms with Gasteiger partial charge < -0.3 is 0 Å². The van der Waals surface area contributed by atoms with E-state index in [-0.39, 0.29) is 10.8 Å². The first kappa shape index (κ1) is 34.6. The first-order valence-corrected chi connectivity index (χ1v) is 11.1. The molecular weight excluding hydrogens is 648 g/mol. The number of halogens is 6. The highest BCUT2D eigenvalue weighted by Crippen LogP contribution is 2.52. The van der Waals surface area contributed by atoms with Crippen molar-refractivity contribution in [3.63, 3.8) is 0 Å². The van der Waals surface area contributed by atoms with Crippen LogP contribution in [0.4, 0.5) is 13.2 Å². The Labute approximate surface area is 220 Å². The summed E-state index contributed by atoms with van der Waals surface area (Å²) in [7, 11) is -0.919. The molecule has 0 heterocycles. The van der Waals surface area contributed by atoms with E-state index < -0.39 is 86.3 Å². The van der Waals surface area contributed by atoms with Gasteiger partial charge in [-0.3, -0.25) is 74.9 Å². The molecule has 0 bridgehead atoms. The van der Waals surface area contributed by atoms with Gasteiger partial charge in [0, 0.05) is 10.8 Å². The summed E-state index contributed by atoms with van der Waals surface area (Å²) in [5.41, 5.74) is 0. The summed E-state index contributed by atoms with van der Waals surface area (Å²) in [6, 6.07) is 0. The average molecular weight is 654 g/mol. The maximum absolute atomic E-state index is 14.2. The number of alkyl halides is 6. The van der Waals surface area contributed by atoms with Crippen LogP contribution in [-0.4, -0.2) is 75.5 Å². The van der Waals surface area contributed by atoms with Gasteiger partial charge in [-0.2, -0.15) is 0 Å². The summed E-state index contributed by atoms with van der Waals surface area (Å²) in [4.78, 5) is 51.0. The number of rotatable bonds is 17. The van der Waals surface area contributed by atoms with E-state index in [9.17, 15) is 73.9 Å². The molecule has 21 nitrogen and oxygen atoms in total. The first-order valence-electron chi connectivity index (χ1n) is 7.78. The Morgan fingerprint density at radius 3 is 0.919 bits per heavy atom. The lowest BCUT2D eigenvalue weighted by molar-refractivity contribution is -0.840. The largest absolute Gasteiger partial charge is 0.637 e. The zero-order valence-electron chi connectivity index (χ0n) is 16.5. The van der Waals surface area contributed by atoms with Crippen LogP contribution in [0.2, 0.25) is 0 Å². The Hall–Kier alpha value is -2.36. The molecule has 0 N–H and O–H groups in total. The van der Waals surface area contributed by atoms with E-state index in [1.54, 1.807) is 0 Å². The molecule has 0 fully saturated rings. The van der Waals surface area contributed by atoms with Gasteiger partial charge in [0.15, 0.2) is 0 Å². The Morgan fingerprint density at radius 1 is 0.541 bits per heavy atom. The first-order chi connectivity index (χ1) is 16.5. The van der Waals surface area contributed by atoms with E-state index in [1.807, 2.05) is 0 Å². The zero-order valence-corrected chi connectivity index (χ0v) is 20.4. The molecule has 0 aromatic carbocycles. The third-order valence-corrected chi connectivity index (χ3v) is 7.17. The van der Waals surface area contributed by atoms with E-state index in [1.165, 1.54) is 0 Å². The Bertz CT molecular complexity index is 816. The van der Waals surface area contributed by atoms with Crippen LogP contribution < -0.4 is 0 Å². The van der Waals surface area contributed by atoms with Crippen LogP contribution in [-0.2, 0) is 14.2 Å². The van der Waals surface area contributed by atoms with Crippen molar-refractivity contribution in [1.29, 1.82) is 0 Å². The van der Waals surface area contributed by atoms with Crippen molar-refractivity contribution in [2.45, 2.75) is 26.2 Å². The van der Waals surface area contributed by atoms with Gasteiger partial charge in [-0.25, -0.2) is 0 Å². The third-order valence-electron chi connectivity index (χ3n) is 3.21. The Kier molecular flexibility index (Phi) is 11.7. The number of hydrogen-bond donors (Lipinski definition) is 0. The standard InChI is InChI=1S/C8H6Cl3F3N6O15S2/c9-7(10,11)36-37-8(33-1-4(12,15(21)22)16(23)24,34-2-5(13,17(25)26)18(27)28)35-3-6(14,19(29)30)20(31)32/h1-3H2. The lowest BCUT2D eigenvalue weighted by Gasteiger charge is -2.31. The van der Waals surface area contributed by atoms with Crippen LogP contribution in [0.25, 0.3) is 0 Å². The lowest BCUT2D eigenvalue weighted by Crippen LogP contribution is -2.54. The fourth-order valence-electron chi connectivity index (χ4n) is 1.35. The number of ether oxygens (including phenoxy) is 3. The summed E-state index contributed by atoms with van der Waals surface area (Å²) in [5.74, 6) is -14.6. The Balaban J connectivity index is 6.72. The molecule has 0 aliphatic heterocycles. The minimum atomic E-state index is -4.87. The molecule has 0 saturated carbocycles. The van der Waals surface area contributed by atoms with Gasteiger partial charge >= 0.3 is 23.1 Å². The topological polar surface area (TPSA) is 287 Å². The maximum atomic E-state index is 14.2. The van der Waals surface area contributed by atoms with E-state index in [0.717, 1.165) is 0 Å². The van der Waals surface area contributed by atoms with Crippen LogP contribution >= 0.6 is 56.4 Å². The molecule has 0 spiro atoms. The second-order valence-corrected chi connectivity index (χ2v) is 11.1. The predicted octanol–water partition coefficient (Wildman–Crippen LogP) is 1.89. The molecule has 37 heavy (non-hydrogen) atoms. The number of nitrogens with zero attached hydrogens (tertiary/aromatic N) is 6. The van der Waals surface area contributed by atoms with Gasteiger partial charge in [-0.05, 0) is 10.8 Å². The molecule has 0 amide bonds. The monoisotopic (exact) mass is 652 g/mol. The van der Waals surface area contributed by atoms with Gasteiger partial charge in [0.2, 0.25) is 22.9 Å². The molecule has 0 aromatic rings. The SMILES string of the molecule is O=[N+]([O-])C(F)(COC(OCC(F)([N+](=O)[O-])[N+](=O)[O-])(OCC(F)([N+](=O)[O-])[N+](=O)[O-])SSC(Cl)(Cl)Cl)[N+](=O)[O-]. The minimum Gasteiger partial charge on any atom is -0.298 e. The predicted molar refractivity (Wildman–Crippen MR) is 110 cm³/mol. The van der Waals surface area contributed by atoms with E-state index in [2.05, 4.69) is 14.2 Å². The van der Waals surface area contributed by atoms with Crippen LogP contribution in [0.15, 0.2) is 0 Å². The van der Waals surface area contributed by atoms with Crippen molar-refractivity contribution in [1.82, 2.24) is 0 Å². The molecule has 0 aromatic heterocycles. The zero-order chi connectivity index (χ0) is 29.6. The van der Waals surface area contributed by atoms with E-state index in [0.29, 0.717) is 0 Å². The van der Waals surface area contributed by atoms with Crippen molar-refractivity contribution < 1.29 is 56.9 Å². The second-order valence-electron chi connectivity index (χ2n) is 5.68. The number of hydrogen-bond acceptors (Lipinski definition) is 17. The van der Waals surface area contributed by atoms with Crippen molar-refractivity contribution in [3.05, 3.63) is 60.7 Å². The van der Waals surface area contributed by atoms with Crippen LogP contribution in [0.5, 0.6) is 0 Å². The van der Waals surface area contributed by atoms with Crippen LogP contribution in [0, 0.1) is 60.7 Å². The third kappa shape index (κ3) is 8.86. The van der Waals surface area contributed by atoms with Crippen molar-refractivity contribution in [3.8, 4) is 0 Å². The number of nitro groups is 6. The van der Waals surface area contributed by atoms with Crippen molar-refractivity contribution in [2.24, 2.45) is 0 Å². The fraction of sp³-hybridized carbons (Fsp3) is 1.00. The van der Waals surface area contributed by atoms with Crippen LogP contribution in [0.3, 0.4) is 0 Å². The molecular formula is C8H6Cl3F3N6O15S2. The molecule has 0 unspecified atom stereocenters. The van der Waals surface area contributed by atoms with E-state index >= 15 is 0 Å². The minimum absolute atomic E-state index is 0.306. The summed E-state index contributed by atoms with van der Waals surface area (Å²) in [6.45, 7) is -7.60. The molecule has 0 radical (unpaired) electrons. The average Bonchev–Trinajstić information content (AvgIpc) is 2.75. The lowest BCUT2D eigenvalue weighted by atomic mass is 10.5. The highest BCUT2D eigenvalue weighted by molar-refractivity contribution is 8.78. The van der Waals surface area contributed by atoms with Crippen LogP contribution in [0.1, 0.15) is 0 Å². The van der Waals surface area contributed by atoms with Gasteiger partial charge in [0.25, 0.3) is 0 Å². The fourth-order valence-corrected chi connectivity index (χ4v) is 3.74. The van der Waals surface area contributed by atoms with Gasteiger partial charge in [-0.15, -0.1) is 0 Å². The van der Waals surface area contributed by atoms with Gasteiger partial charge in [0.05, 0.1) is 0 Å².